The van der Waals surface area contributed by atoms with Gasteiger partial charge in [0.25, 0.3) is 0 Å². The molecule has 0 amide bonds. The van der Waals surface area contributed by atoms with Crippen LogP contribution in [0.15, 0.2) is 36.4 Å². The number of halogens is 3. The van der Waals surface area contributed by atoms with Gasteiger partial charge in [0.05, 0.1) is 6.04 Å². The van der Waals surface area contributed by atoms with Crippen LogP contribution in [0.2, 0.25) is 5.02 Å². The van der Waals surface area contributed by atoms with Crippen molar-refractivity contribution in [1.82, 2.24) is 5.32 Å². The van der Waals surface area contributed by atoms with Crippen molar-refractivity contribution in [2.45, 2.75) is 19.9 Å². The summed E-state index contributed by atoms with van der Waals surface area (Å²) < 4.78 is 26.8. The molecule has 0 aliphatic rings. The number of hydrogen-bond donors (Lipinski definition) is 1. The van der Waals surface area contributed by atoms with Gasteiger partial charge in [-0.15, -0.1) is 0 Å². The molecule has 1 atom stereocenters. The summed E-state index contributed by atoms with van der Waals surface area (Å²) in [7, 11) is 0. The minimum Gasteiger partial charge on any atom is -0.306 e. The Morgan fingerprint density at radius 1 is 1.10 bits per heavy atom. The molecule has 0 aliphatic heterocycles. The predicted molar refractivity (Wildman–Crippen MR) is 78.1 cm³/mol. The highest BCUT2D eigenvalue weighted by Crippen LogP contribution is 2.30. The average molecular weight is 296 g/mol. The zero-order valence-electron chi connectivity index (χ0n) is 11.4. The van der Waals surface area contributed by atoms with Crippen molar-refractivity contribution in [3.63, 3.8) is 0 Å². The van der Waals surface area contributed by atoms with E-state index >= 15 is 0 Å². The molecule has 2 aromatic rings. The lowest BCUT2D eigenvalue weighted by molar-refractivity contribution is 0.565. The van der Waals surface area contributed by atoms with Crippen LogP contribution in [0.3, 0.4) is 0 Å². The van der Waals surface area contributed by atoms with E-state index in [1.165, 1.54) is 12.1 Å². The third-order valence-electron chi connectivity index (χ3n) is 3.09. The molecule has 2 aromatic carbocycles. The van der Waals surface area contributed by atoms with Gasteiger partial charge in [-0.05, 0) is 48.4 Å². The lowest BCUT2D eigenvalue weighted by atomic mass is 9.97. The average Bonchev–Trinajstić information content (AvgIpc) is 2.35. The van der Waals surface area contributed by atoms with E-state index in [-0.39, 0.29) is 6.04 Å². The topological polar surface area (TPSA) is 12.0 Å². The molecule has 0 heterocycles. The number of rotatable bonds is 4. The number of nitrogens with one attached hydrogen (secondary N) is 1. The molecular formula is C16H16ClF2N. The van der Waals surface area contributed by atoms with Gasteiger partial charge in [-0.2, -0.15) is 0 Å². The molecule has 0 fully saturated rings. The van der Waals surface area contributed by atoms with Crippen LogP contribution in [-0.2, 0) is 0 Å². The van der Waals surface area contributed by atoms with Crippen molar-refractivity contribution in [2.24, 2.45) is 0 Å². The fourth-order valence-electron chi connectivity index (χ4n) is 2.22. The quantitative estimate of drug-likeness (QED) is 0.867. The summed E-state index contributed by atoms with van der Waals surface area (Å²) in [5.74, 6) is -1.18. The van der Waals surface area contributed by atoms with Gasteiger partial charge in [0.15, 0.2) is 0 Å². The van der Waals surface area contributed by atoms with Gasteiger partial charge in [-0.25, -0.2) is 8.78 Å². The molecule has 0 saturated heterocycles. The smallest absolute Gasteiger partial charge is 0.126 e. The lowest BCUT2D eigenvalue weighted by Gasteiger charge is -2.20. The van der Waals surface area contributed by atoms with Crippen molar-refractivity contribution in [2.75, 3.05) is 6.54 Å². The highest BCUT2D eigenvalue weighted by Gasteiger charge is 2.17. The maximum atomic E-state index is 13.4. The Morgan fingerprint density at radius 2 is 1.75 bits per heavy atom. The molecule has 0 bridgehead atoms. The third-order valence-corrected chi connectivity index (χ3v) is 3.42. The summed E-state index contributed by atoms with van der Waals surface area (Å²) >= 11 is 6.26. The maximum absolute atomic E-state index is 13.4. The van der Waals surface area contributed by atoms with E-state index in [9.17, 15) is 8.78 Å². The van der Waals surface area contributed by atoms with Crippen LogP contribution in [0, 0.1) is 18.6 Å². The first-order valence-corrected chi connectivity index (χ1v) is 6.84. The van der Waals surface area contributed by atoms with Crippen molar-refractivity contribution >= 4 is 11.6 Å². The van der Waals surface area contributed by atoms with Gasteiger partial charge in [-0.1, -0.05) is 30.7 Å². The number of benzene rings is 2. The molecule has 1 nitrogen and oxygen atoms in total. The molecule has 20 heavy (non-hydrogen) atoms. The second kappa shape index (κ2) is 6.33. The minimum absolute atomic E-state index is 0.335. The Hall–Kier alpha value is -1.45. The van der Waals surface area contributed by atoms with Crippen LogP contribution in [0.5, 0.6) is 0 Å². The summed E-state index contributed by atoms with van der Waals surface area (Å²) in [5.41, 5.74) is 2.37. The van der Waals surface area contributed by atoms with Gasteiger partial charge in [0.1, 0.15) is 11.6 Å². The first-order chi connectivity index (χ1) is 9.51. The monoisotopic (exact) mass is 295 g/mol. The van der Waals surface area contributed by atoms with Gasteiger partial charge in [-0.3, -0.25) is 0 Å². The second-order valence-corrected chi connectivity index (χ2v) is 5.13. The van der Waals surface area contributed by atoms with Crippen LogP contribution < -0.4 is 5.32 Å². The Balaban J connectivity index is 2.49. The van der Waals surface area contributed by atoms with Crippen LogP contribution in [0.4, 0.5) is 8.78 Å². The first-order valence-electron chi connectivity index (χ1n) is 6.46. The van der Waals surface area contributed by atoms with Crippen LogP contribution >= 0.6 is 11.6 Å². The van der Waals surface area contributed by atoms with E-state index in [4.69, 9.17) is 11.6 Å². The molecule has 0 aliphatic carbocycles. The van der Waals surface area contributed by atoms with Crippen molar-refractivity contribution < 1.29 is 8.78 Å². The van der Waals surface area contributed by atoms with Crippen molar-refractivity contribution in [3.8, 4) is 0 Å². The number of hydrogen-bond acceptors (Lipinski definition) is 1. The van der Waals surface area contributed by atoms with E-state index in [0.29, 0.717) is 17.1 Å². The molecular weight excluding hydrogens is 280 g/mol. The van der Waals surface area contributed by atoms with E-state index < -0.39 is 11.6 Å². The summed E-state index contributed by atoms with van der Waals surface area (Å²) in [6.45, 7) is 4.54. The van der Waals surface area contributed by atoms with Gasteiger partial charge in [0.2, 0.25) is 0 Å². The molecule has 4 heteroatoms. The molecule has 0 aromatic heterocycles. The van der Waals surface area contributed by atoms with E-state index in [0.717, 1.165) is 17.2 Å². The summed E-state index contributed by atoms with van der Waals surface area (Å²) in [6, 6.07) is 8.84. The molecule has 1 N–H and O–H groups in total. The minimum atomic E-state index is -0.592. The fourth-order valence-corrected chi connectivity index (χ4v) is 2.56. The molecule has 2 rings (SSSR count). The predicted octanol–water partition coefficient (Wildman–Crippen LogP) is 4.63. The van der Waals surface area contributed by atoms with Crippen molar-refractivity contribution in [1.29, 1.82) is 0 Å². The normalized spacial score (nSPS) is 12.4. The standard InChI is InChI=1S/C16H16ClF2N/c1-3-20-16(11-7-12(18)9-13(19)8-11)14-5-4-10(2)6-15(14)17/h4-9,16,20H,3H2,1-2H3. The molecule has 106 valence electrons. The van der Waals surface area contributed by atoms with Crippen LogP contribution in [0.25, 0.3) is 0 Å². The van der Waals surface area contributed by atoms with Gasteiger partial charge < -0.3 is 5.32 Å². The highest BCUT2D eigenvalue weighted by molar-refractivity contribution is 6.31. The van der Waals surface area contributed by atoms with Crippen molar-refractivity contribution in [3.05, 3.63) is 69.7 Å². The zero-order chi connectivity index (χ0) is 14.7. The van der Waals surface area contributed by atoms with Crippen LogP contribution in [-0.4, -0.2) is 6.54 Å². The highest BCUT2D eigenvalue weighted by atomic mass is 35.5. The Kier molecular flexibility index (Phi) is 4.73. The van der Waals surface area contributed by atoms with E-state index in [2.05, 4.69) is 5.32 Å². The zero-order valence-corrected chi connectivity index (χ0v) is 12.1. The maximum Gasteiger partial charge on any atom is 0.126 e. The molecule has 0 radical (unpaired) electrons. The second-order valence-electron chi connectivity index (χ2n) is 4.72. The SMILES string of the molecule is CCNC(c1cc(F)cc(F)c1)c1ccc(C)cc1Cl. The molecule has 0 saturated carbocycles. The summed E-state index contributed by atoms with van der Waals surface area (Å²) in [6.07, 6.45) is 0. The fraction of sp³-hybridized carbons (Fsp3) is 0.250. The van der Waals surface area contributed by atoms with Crippen LogP contribution in [0.1, 0.15) is 29.7 Å². The first kappa shape index (κ1) is 14.9. The molecule has 0 spiro atoms. The van der Waals surface area contributed by atoms with Gasteiger partial charge in [0, 0.05) is 11.1 Å². The summed E-state index contributed by atoms with van der Waals surface area (Å²) in [5, 5.41) is 3.80. The summed E-state index contributed by atoms with van der Waals surface area (Å²) in [4.78, 5) is 0. The number of aryl methyl sites for hydroxylation is 1. The Bertz CT molecular complexity index is 593. The van der Waals surface area contributed by atoms with Gasteiger partial charge >= 0.3 is 0 Å². The largest absolute Gasteiger partial charge is 0.306 e. The Labute approximate surface area is 122 Å². The van der Waals surface area contributed by atoms with E-state index in [1.807, 2.05) is 32.0 Å². The Morgan fingerprint density at radius 3 is 2.30 bits per heavy atom. The lowest BCUT2D eigenvalue weighted by Crippen LogP contribution is -2.22. The third kappa shape index (κ3) is 3.35. The van der Waals surface area contributed by atoms with E-state index in [1.54, 1.807) is 0 Å². The molecule has 1 unspecified atom stereocenters.